The van der Waals surface area contributed by atoms with Gasteiger partial charge in [0, 0.05) is 15.9 Å². The molecule has 0 aliphatic rings. The van der Waals surface area contributed by atoms with E-state index in [9.17, 15) is 9.90 Å². The van der Waals surface area contributed by atoms with Crippen LogP contribution in [0.1, 0.15) is 25.5 Å². The predicted molar refractivity (Wildman–Crippen MR) is 77.4 cm³/mol. The average Bonchev–Trinajstić information content (AvgIpc) is 2.72. The standard InChI is InChI=1S/C12H14BrN3O2S/c1-3-16-11(18)14-15-12(16)19-10-5-4-8(7(2)17)6-9(10)13/h4-7,17H,3H2,1-2H3,(H,14,18)/t7-/m0/s1. The maximum Gasteiger partial charge on any atom is 0.343 e. The Labute approximate surface area is 123 Å². The first-order chi connectivity index (χ1) is 9.02. The van der Waals surface area contributed by atoms with E-state index in [2.05, 4.69) is 26.1 Å². The number of aliphatic hydroxyl groups excluding tert-OH is 1. The lowest BCUT2D eigenvalue weighted by Gasteiger charge is -2.08. The minimum Gasteiger partial charge on any atom is -0.389 e. The number of nitrogens with one attached hydrogen (secondary N) is 1. The fourth-order valence-corrected chi connectivity index (χ4v) is 3.16. The molecule has 0 spiro atoms. The number of rotatable bonds is 4. The molecule has 0 amide bonds. The molecule has 1 atom stereocenters. The molecule has 0 saturated heterocycles. The van der Waals surface area contributed by atoms with Crippen molar-refractivity contribution in [3.63, 3.8) is 0 Å². The van der Waals surface area contributed by atoms with Gasteiger partial charge in [-0.05, 0) is 59.2 Å². The molecule has 2 N–H and O–H groups in total. The highest BCUT2D eigenvalue weighted by atomic mass is 79.9. The summed E-state index contributed by atoms with van der Waals surface area (Å²) in [5, 5.41) is 16.6. The number of aromatic amines is 1. The number of halogens is 1. The maximum absolute atomic E-state index is 11.5. The summed E-state index contributed by atoms with van der Waals surface area (Å²) in [6, 6.07) is 5.63. The number of hydrogen-bond acceptors (Lipinski definition) is 4. The number of aromatic nitrogens is 3. The van der Waals surface area contributed by atoms with E-state index in [1.54, 1.807) is 11.5 Å². The minimum atomic E-state index is -0.505. The van der Waals surface area contributed by atoms with E-state index in [4.69, 9.17) is 0 Å². The van der Waals surface area contributed by atoms with Crippen molar-refractivity contribution in [2.75, 3.05) is 0 Å². The molecule has 0 aliphatic heterocycles. The van der Waals surface area contributed by atoms with Crippen LogP contribution in [-0.4, -0.2) is 19.9 Å². The lowest BCUT2D eigenvalue weighted by Crippen LogP contribution is -2.16. The van der Waals surface area contributed by atoms with Gasteiger partial charge < -0.3 is 5.11 Å². The van der Waals surface area contributed by atoms with Crippen molar-refractivity contribution in [3.05, 3.63) is 38.7 Å². The second kappa shape index (κ2) is 5.94. The first-order valence-corrected chi connectivity index (χ1v) is 7.44. The van der Waals surface area contributed by atoms with E-state index in [-0.39, 0.29) is 5.69 Å². The summed E-state index contributed by atoms with van der Waals surface area (Å²) in [7, 11) is 0. The number of nitrogens with zero attached hydrogens (tertiary/aromatic N) is 2. The molecule has 1 aromatic heterocycles. The Morgan fingerprint density at radius 1 is 1.58 bits per heavy atom. The summed E-state index contributed by atoms with van der Waals surface area (Å²) < 4.78 is 2.44. The van der Waals surface area contributed by atoms with Gasteiger partial charge in [0.1, 0.15) is 0 Å². The van der Waals surface area contributed by atoms with Gasteiger partial charge in [-0.25, -0.2) is 9.89 Å². The molecule has 0 saturated carbocycles. The third-order valence-electron chi connectivity index (χ3n) is 2.68. The average molecular weight is 344 g/mol. The third kappa shape index (κ3) is 3.10. The van der Waals surface area contributed by atoms with Crippen molar-refractivity contribution in [3.8, 4) is 0 Å². The highest BCUT2D eigenvalue weighted by molar-refractivity contribution is 9.10. The summed E-state index contributed by atoms with van der Waals surface area (Å²) >= 11 is 4.87. The van der Waals surface area contributed by atoms with E-state index >= 15 is 0 Å². The zero-order valence-electron chi connectivity index (χ0n) is 10.6. The van der Waals surface area contributed by atoms with Crippen LogP contribution in [0.3, 0.4) is 0 Å². The monoisotopic (exact) mass is 343 g/mol. The molecule has 0 bridgehead atoms. The van der Waals surface area contributed by atoms with E-state index in [0.29, 0.717) is 11.7 Å². The molecule has 5 nitrogen and oxygen atoms in total. The van der Waals surface area contributed by atoms with Crippen molar-refractivity contribution in [1.82, 2.24) is 14.8 Å². The lowest BCUT2D eigenvalue weighted by molar-refractivity contribution is 0.199. The van der Waals surface area contributed by atoms with Gasteiger partial charge in [-0.1, -0.05) is 6.07 Å². The Balaban J connectivity index is 2.31. The largest absolute Gasteiger partial charge is 0.389 e. The molecule has 0 aliphatic carbocycles. The summed E-state index contributed by atoms with van der Waals surface area (Å²) in [5.41, 5.74) is 0.632. The first-order valence-electron chi connectivity index (χ1n) is 5.83. The molecule has 0 fully saturated rings. The van der Waals surface area contributed by atoms with E-state index in [1.807, 2.05) is 25.1 Å². The van der Waals surface area contributed by atoms with E-state index < -0.39 is 6.10 Å². The second-order valence-electron chi connectivity index (χ2n) is 4.02. The molecule has 102 valence electrons. The highest BCUT2D eigenvalue weighted by Crippen LogP contribution is 2.33. The van der Waals surface area contributed by atoms with Crippen molar-refractivity contribution in [2.24, 2.45) is 0 Å². The van der Waals surface area contributed by atoms with Crippen molar-refractivity contribution < 1.29 is 5.11 Å². The van der Waals surface area contributed by atoms with E-state index in [1.165, 1.54) is 11.8 Å². The van der Waals surface area contributed by atoms with Crippen molar-refractivity contribution in [2.45, 2.75) is 36.5 Å². The zero-order valence-corrected chi connectivity index (χ0v) is 13.0. The second-order valence-corrected chi connectivity index (χ2v) is 5.89. The SMILES string of the molecule is CCn1c(Sc2ccc([C@H](C)O)cc2Br)n[nH]c1=O. The number of H-pyrrole nitrogens is 1. The topological polar surface area (TPSA) is 70.9 Å². The molecule has 2 aromatic rings. The number of hydrogen-bond donors (Lipinski definition) is 2. The molecule has 0 unspecified atom stereocenters. The third-order valence-corrected chi connectivity index (χ3v) is 4.67. The Hall–Kier alpha value is -1.05. The van der Waals surface area contributed by atoms with E-state index in [0.717, 1.165) is 14.9 Å². The summed E-state index contributed by atoms with van der Waals surface area (Å²) in [6.07, 6.45) is -0.505. The molecular weight excluding hydrogens is 330 g/mol. The number of aliphatic hydroxyl groups is 1. The van der Waals surface area contributed by atoms with Crippen LogP contribution < -0.4 is 5.69 Å². The number of benzene rings is 1. The van der Waals surface area contributed by atoms with Gasteiger partial charge in [-0.2, -0.15) is 0 Å². The highest BCUT2D eigenvalue weighted by Gasteiger charge is 2.11. The van der Waals surface area contributed by atoms with Crippen LogP contribution in [0.4, 0.5) is 0 Å². The molecule has 0 radical (unpaired) electrons. The Bertz CT molecular complexity index is 636. The van der Waals surface area contributed by atoms with Crippen molar-refractivity contribution in [1.29, 1.82) is 0 Å². The fraction of sp³-hybridized carbons (Fsp3) is 0.333. The molecule has 7 heteroatoms. The Kier molecular flexibility index (Phi) is 4.49. The van der Waals surface area contributed by atoms with Crippen LogP contribution in [-0.2, 0) is 6.54 Å². The van der Waals surface area contributed by atoms with Gasteiger partial charge in [-0.3, -0.25) is 4.57 Å². The maximum atomic E-state index is 11.5. The molecule has 2 rings (SSSR count). The van der Waals surface area contributed by atoms with Crippen LogP contribution in [0.5, 0.6) is 0 Å². The summed E-state index contributed by atoms with van der Waals surface area (Å²) in [6.45, 7) is 4.19. The minimum absolute atomic E-state index is 0.207. The van der Waals surface area contributed by atoms with Crippen LogP contribution in [0.2, 0.25) is 0 Å². The van der Waals surface area contributed by atoms with Crippen LogP contribution in [0.25, 0.3) is 0 Å². The van der Waals surface area contributed by atoms with Gasteiger partial charge in [-0.15, -0.1) is 5.10 Å². The molecule has 1 aromatic carbocycles. The quantitative estimate of drug-likeness (QED) is 0.894. The van der Waals surface area contributed by atoms with Gasteiger partial charge in [0.15, 0.2) is 5.16 Å². The van der Waals surface area contributed by atoms with Crippen LogP contribution >= 0.6 is 27.7 Å². The van der Waals surface area contributed by atoms with Crippen molar-refractivity contribution >= 4 is 27.7 Å². The van der Waals surface area contributed by atoms with Crippen LogP contribution in [0, 0.1) is 0 Å². The zero-order chi connectivity index (χ0) is 14.0. The van der Waals surface area contributed by atoms with Gasteiger partial charge in [0.25, 0.3) is 0 Å². The summed E-state index contributed by atoms with van der Waals surface area (Å²) in [4.78, 5) is 12.4. The van der Waals surface area contributed by atoms with Gasteiger partial charge >= 0.3 is 5.69 Å². The van der Waals surface area contributed by atoms with Crippen LogP contribution in [0.15, 0.2) is 37.5 Å². The smallest absolute Gasteiger partial charge is 0.343 e. The lowest BCUT2D eigenvalue weighted by atomic mass is 10.1. The molecule has 1 heterocycles. The van der Waals surface area contributed by atoms with Gasteiger partial charge in [0.2, 0.25) is 0 Å². The molecule has 19 heavy (non-hydrogen) atoms. The molecular formula is C12H14BrN3O2S. The fourth-order valence-electron chi connectivity index (χ4n) is 1.62. The summed E-state index contributed by atoms with van der Waals surface area (Å²) in [5.74, 6) is 0. The predicted octanol–water partition coefficient (Wildman–Crippen LogP) is 2.56. The Morgan fingerprint density at radius 2 is 2.32 bits per heavy atom. The van der Waals surface area contributed by atoms with Gasteiger partial charge in [0.05, 0.1) is 6.10 Å². The normalized spacial score (nSPS) is 12.6. The Morgan fingerprint density at radius 3 is 2.89 bits per heavy atom. The first kappa shape index (κ1) is 14.4.